The van der Waals surface area contributed by atoms with Gasteiger partial charge in [-0.2, -0.15) is 0 Å². The number of allylic oxidation sites excluding steroid dienone is 2. The number of nitrogens with two attached hydrogens (primary N) is 1. The summed E-state index contributed by atoms with van der Waals surface area (Å²) in [7, 11) is 0. The quantitative estimate of drug-likeness (QED) is 0.863. The second kappa shape index (κ2) is 5.87. The summed E-state index contributed by atoms with van der Waals surface area (Å²) in [6.45, 7) is 2.11. The molecule has 0 unspecified atom stereocenters. The molecule has 3 rings (SSSR count). The summed E-state index contributed by atoms with van der Waals surface area (Å²) in [5.41, 5.74) is 11.6. The van der Waals surface area contributed by atoms with E-state index in [4.69, 9.17) is 5.73 Å². The third kappa shape index (κ3) is 2.93. The van der Waals surface area contributed by atoms with Gasteiger partial charge in [-0.25, -0.2) is 0 Å². The minimum Gasteiger partial charge on any atom is -0.321 e. The van der Waals surface area contributed by atoms with Gasteiger partial charge in [0.25, 0.3) is 0 Å². The highest BCUT2D eigenvalue weighted by Crippen LogP contribution is 2.38. The van der Waals surface area contributed by atoms with E-state index in [1.54, 1.807) is 0 Å². The minimum atomic E-state index is -0.0542. The van der Waals surface area contributed by atoms with Gasteiger partial charge in [-0.1, -0.05) is 60.7 Å². The smallest absolute Gasteiger partial charge is 0.0409 e. The van der Waals surface area contributed by atoms with Crippen LogP contribution in [0.4, 0.5) is 0 Å². The van der Waals surface area contributed by atoms with Crippen LogP contribution >= 0.6 is 0 Å². The molecule has 2 N–H and O–H groups in total. The second-order valence-corrected chi connectivity index (χ2v) is 6.06. The van der Waals surface area contributed by atoms with E-state index in [9.17, 15) is 0 Å². The molecule has 1 fully saturated rings. The summed E-state index contributed by atoms with van der Waals surface area (Å²) in [4.78, 5) is 0. The maximum absolute atomic E-state index is 6.38. The van der Waals surface area contributed by atoms with Crippen molar-refractivity contribution in [2.24, 2.45) is 5.73 Å². The molecule has 1 saturated carbocycles. The topological polar surface area (TPSA) is 26.0 Å². The van der Waals surface area contributed by atoms with Crippen molar-refractivity contribution in [3.63, 3.8) is 0 Å². The summed E-state index contributed by atoms with van der Waals surface area (Å²) in [6.07, 6.45) is 6.68. The van der Waals surface area contributed by atoms with Crippen molar-refractivity contribution in [2.75, 3.05) is 0 Å². The third-order valence-corrected chi connectivity index (χ3v) is 4.66. The predicted octanol–water partition coefficient (Wildman–Crippen LogP) is 4.67. The molecular formula is C20H23N. The van der Waals surface area contributed by atoms with Crippen molar-refractivity contribution in [1.82, 2.24) is 0 Å². The first-order chi connectivity index (χ1) is 10.2. The molecule has 0 bridgehead atoms. The fraction of sp³-hybridized carbons (Fsp3) is 0.300. The van der Waals surface area contributed by atoms with Crippen LogP contribution < -0.4 is 5.73 Å². The van der Waals surface area contributed by atoms with Gasteiger partial charge in [0.15, 0.2) is 0 Å². The Morgan fingerprint density at radius 3 is 2.24 bits per heavy atom. The monoisotopic (exact) mass is 277 g/mol. The van der Waals surface area contributed by atoms with E-state index in [0.29, 0.717) is 0 Å². The zero-order valence-electron chi connectivity index (χ0n) is 12.7. The van der Waals surface area contributed by atoms with Gasteiger partial charge in [0.1, 0.15) is 0 Å². The van der Waals surface area contributed by atoms with Crippen LogP contribution in [0.5, 0.6) is 0 Å². The first-order valence-electron chi connectivity index (χ1n) is 7.80. The van der Waals surface area contributed by atoms with Crippen LogP contribution in [0.1, 0.15) is 42.9 Å². The van der Waals surface area contributed by atoms with E-state index in [1.165, 1.54) is 28.7 Å². The maximum Gasteiger partial charge on any atom is 0.0409 e. The van der Waals surface area contributed by atoms with Gasteiger partial charge in [0.2, 0.25) is 0 Å². The van der Waals surface area contributed by atoms with Gasteiger partial charge in [0, 0.05) is 5.54 Å². The summed E-state index contributed by atoms with van der Waals surface area (Å²) in [5.74, 6) is 0. The molecule has 2 aromatic carbocycles. The fourth-order valence-electron chi connectivity index (χ4n) is 3.04. The standard InChI is InChI=1S/C20H23N/c1-2-17(18-7-4-3-5-8-18)15-16-9-11-19(12-10-16)20(21)13-6-14-20/h2-5,7-12H,6,13-15,21H2,1H3/b17-2+. The molecule has 0 saturated heterocycles. The van der Waals surface area contributed by atoms with Gasteiger partial charge in [-0.05, 0) is 54.9 Å². The molecular weight excluding hydrogens is 254 g/mol. The normalized spacial score (nSPS) is 17.3. The first-order valence-corrected chi connectivity index (χ1v) is 7.80. The molecule has 0 atom stereocenters. The van der Waals surface area contributed by atoms with Crippen molar-refractivity contribution in [3.05, 3.63) is 77.4 Å². The second-order valence-electron chi connectivity index (χ2n) is 6.06. The first kappa shape index (κ1) is 14.1. The van der Waals surface area contributed by atoms with Crippen LogP contribution in [0.3, 0.4) is 0 Å². The van der Waals surface area contributed by atoms with Gasteiger partial charge < -0.3 is 5.73 Å². The van der Waals surface area contributed by atoms with Crippen LogP contribution in [0.25, 0.3) is 5.57 Å². The molecule has 0 aromatic heterocycles. The molecule has 21 heavy (non-hydrogen) atoms. The number of rotatable bonds is 4. The summed E-state index contributed by atoms with van der Waals surface area (Å²) in [6, 6.07) is 19.5. The van der Waals surface area contributed by atoms with Crippen molar-refractivity contribution in [2.45, 2.75) is 38.1 Å². The van der Waals surface area contributed by atoms with Gasteiger partial charge >= 0.3 is 0 Å². The van der Waals surface area contributed by atoms with Gasteiger partial charge in [-0.15, -0.1) is 0 Å². The number of hydrogen-bond donors (Lipinski definition) is 1. The highest BCUT2D eigenvalue weighted by atomic mass is 14.8. The molecule has 1 aliphatic carbocycles. The van der Waals surface area contributed by atoms with Crippen molar-refractivity contribution in [3.8, 4) is 0 Å². The van der Waals surface area contributed by atoms with Crippen molar-refractivity contribution >= 4 is 5.57 Å². The Morgan fingerprint density at radius 2 is 1.71 bits per heavy atom. The largest absolute Gasteiger partial charge is 0.321 e. The molecule has 1 nitrogen and oxygen atoms in total. The number of benzene rings is 2. The maximum atomic E-state index is 6.38. The molecule has 1 aliphatic rings. The molecule has 2 aromatic rings. The Hall–Kier alpha value is -1.86. The lowest BCUT2D eigenvalue weighted by Crippen LogP contribution is -2.43. The molecule has 0 heterocycles. The molecule has 0 amide bonds. The average molecular weight is 277 g/mol. The Labute approximate surface area is 127 Å². The number of hydrogen-bond acceptors (Lipinski definition) is 1. The van der Waals surface area contributed by atoms with Crippen molar-refractivity contribution < 1.29 is 0 Å². The molecule has 0 radical (unpaired) electrons. The third-order valence-electron chi connectivity index (χ3n) is 4.66. The lowest BCUT2D eigenvalue weighted by Gasteiger charge is -2.38. The zero-order valence-corrected chi connectivity index (χ0v) is 12.7. The Balaban J connectivity index is 1.76. The predicted molar refractivity (Wildman–Crippen MR) is 90.0 cm³/mol. The lowest BCUT2D eigenvalue weighted by molar-refractivity contribution is 0.253. The summed E-state index contributed by atoms with van der Waals surface area (Å²) >= 11 is 0. The average Bonchev–Trinajstić information content (AvgIpc) is 2.52. The Morgan fingerprint density at radius 1 is 1.05 bits per heavy atom. The minimum absolute atomic E-state index is 0.0542. The summed E-state index contributed by atoms with van der Waals surface area (Å²) in [5, 5.41) is 0. The van der Waals surface area contributed by atoms with E-state index in [-0.39, 0.29) is 5.54 Å². The van der Waals surface area contributed by atoms with Crippen LogP contribution in [0.2, 0.25) is 0 Å². The molecule has 1 heteroatoms. The SMILES string of the molecule is C/C=C(\Cc1ccc(C2(N)CCC2)cc1)c1ccccc1. The highest BCUT2D eigenvalue weighted by Gasteiger charge is 2.33. The van der Waals surface area contributed by atoms with Crippen LogP contribution in [-0.2, 0) is 12.0 Å². The van der Waals surface area contributed by atoms with E-state index in [2.05, 4.69) is 67.6 Å². The highest BCUT2D eigenvalue weighted by molar-refractivity contribution is 5.67. The van der Waals surface area contributed by atoms with Crippen LogP contribution in [0, 0.1) is 0 Å². The molecule has 108 valence electrons. The fourth-order valence-corrected chi connectivity index (χ4v) is 3.04. The van der Waals surface area contributed by atoms with Crippen LogP contribution in [-0.4, -0.2) is 0 Å². The lowest BCUT2D eigenvalue weighted by atomic mass is 9.72. The van der Waals surface area contributed by atoms with Crippen molar-refractivity contribution in [1.29, 1.82) is 0 Å². The van der Waals surface area contributed by atoms with E-state index in [1.807, 2.05) is 0 Å². The van der Waals surface area contributed by atoms with E-state index in [0.717, 1.165) is 19.3 Å². The summed E-state index contributed by atoms with van der Waals surface area (Å²) < 4.78 is 0. The van der Waals surface area contributed by atoms with Gasteiger partial charge in [0.05, 0.1) is 0 Å². The zero-order chi connectivity index (χ0) is 14.7. The van der Waals surface area contributed by atoms with Crippen LogP contribution in [0.15, 0.2) is 60.7 Å². The Bertz CT molecular complexity index is 619. The van der Waals surface area contributed by atoms with E-state index < -0.39 is 0 Å². The van der Waals surface area contributed by atoms with E-state index >= 15 is 0 Å². The molecule has 0 spiro atoms. The van der Waals surface area contributed by atoms with Gasteiger partial charge in [-0.3, -0.25) is 0 Å². The Kier molecular flexibility index (Phi) is 3.94. The molecule has 0 aliphatic heterocycles.